The molecule has 2 N–H and O–H groups in total. The van der Waals surface area contributed by atoms with Crippen LogP contribution in [0.25, 0.3) is 5.82 Å². The minimum Gasteiger partial charge on any atom is -0.478 e. The summed E-state index contributed by atoms with van der Waals surface area (Å²) in [5, 5.41) is 18.0. The summed E-state index contributed by atoms with van der Waals surface area (Å²) in [6, 6.07) is 7.25. The largest absolute Gasteiger partial charge is 0.478 e. The van der Waals surface area contributed by atoms with E-state index in [2.05, 4.69) is 15.4 Å². The topological polar surface area (TPSA) is 80.0 Å². The number of carboxylic acid groups (broad SMARTS) is 1. The van der Waals surface area contributed by atoms with Crippen LogP contribution in [0.2, 0.25) is 0 Å². The smallest absolute Gasteiger partial charge is 0.336 e. The van der Waals surface area contributed by atoms with Crippen molar-refractivity contribution >= 4 is 23.0 Å². The van der Waals surface area contributed by atoms with Crippen molar-refractivity contribution in [2.75, 3.05) is 5.32 Å². The summed E-state index contributed by atoms with van der Waals surface area (Å²) in [4.78, 5) is 16.1. The van der Waals surface area contributed by atoms with E-state index in [0.717, 1.165) is 10.6 Å². The summed E-state index contributed by atoms with van der Waals surface area (Å²) in [5.74, 6) is -0.200. The zero-order valence-corrected chi connectivity index (χ0v) is 11.7. The summed E-state index contributed by atoms with van der Waals surface area (Å²) in [5.41, 5.74) is 1.15. The first-order chi connectivity index (χ1) is 10.2. The third-order valence-electron chi connectivity index (χ3n) is 2.86. The van der Waals surface area contributed by atoms with Crippen molar-refractivity contribution in [3.8, 4) is 5.82 Å². The molecule has 0 spiro atoms. The van der Waals surface area contributed by atoms with E-state index in [4.69, 9.17) is 5.11 Å². The van der Waals surface area contributed by atoms with Gasteiger partial charge >= 0.3 is 5.97 Å². The number of nitrogens with zero attached hydrogens (tertiary/aromatic N) is 3. The van der Waals surface area contributed by atoms with Gasteiger partial charge < -0.3 is 10.4 Å². The lowest BCUT2D eigenvalue weighted by atomic mass is 10.3. The maximum absolute atomic E-state index is 10.9. The Morgan fingerprint density at radius 3 is 3.00 bits per heavy atom. The van der Waals surface area contributed by atoms with Crippen LogP contribution >= 0.6 is 11.3 Å². The Hall–Kier alpha value is -2.67. The molecular formula is C14H12N4O2S. The highest BCUT2D eigenvalue weighted by Gasteiger charge is 2.08. The van der Waals surface area contributed by atoms with Gasteiger partial charge in [-0.1, -0.05) is 0 Å². The molecule has 3 aromatic heterocycles. The molecule has 3 rings (SSSR count). The van der Waals surface area contributed by atoms with E-state index >= 15 is 0 Å². The predicted molar refractivity (Wildman–Crippen MR) is 80.0 cm³/mol. The van der Waals surface area contributed by atoms with E-state index in [-0.39, 0.29) is 0 Å². The normalized spacial score (nSPS) is 10.5. The molecule has 0 fully saturated rings. The van der Waals surface area contributed by atoms with Crippen molar-refractivity contribution in [2.24, 2.45) is 0 Å². The number of anilines is 1. The summed E-state index contributed by atoms with van der Waals surface area (Å²) >= 11 is 1.41. The molecule has 0 radical (unpaired) electrons. The summed E-state index contributed by atoms with van der Waals surface area (Å²) in [6.45, 7) is 0.540. The highest BCUT2D eigenvalue weighted by Crippen LogP contribution is 2.20. The molecule has 3 aromatic rings. The lowest BCUT2D eigenvalue weighted by Gasteiger charge is -2.09. The van der Waals surface area contributed by atoms with Crippen molar-refractivity contribution in [2.45, 2.75) is 6.54 Å². The second-order valence-electron chi connectivity index (χ2n) is 4.29. The molecule has 21 heavy (non-hydrogen) atoms. The van der Waals surface area contributed by atoms with Crippen molar-refractivity contribution in [1.29, 1.82) is 0 Å². The summed E-state index contributed by atoms with van der Waals surface area (Å²) in [7, 11) is 0. The van der Waals surface area contributed by atoms with Gasteiger partial charge in [0.05, 0.1) is 11.3 Å². The van der Waals surface area contributed by atoms with Gasteiger partial charge in [0.25, 0.3) is 0 Å². The van der Waals surface area contributed by atoms with Gasteiger partial charge in [-0.3, -0.25) is 0 Å². The van der Waals surface area contributed by atoms with Crippen LogP contribution in [0.4, 0.5) is 5.69 Å². The van der Waals surface area contributed by atoms with E-state index in [1.807, 2.05) is 24.4 Å². The first-order valence-electron chi connectivity index (χ1n) is 6.23. The van der Waals surface area contributed by atoms with Gasteiger partial charge in [0.15, 0.2) is 5.82 Å². The minimum atomic E-state index is -0.906. The molecule has 0 saturated heterocycles. The Bertz CT molecular complexity index is 752. The van der Waals surface area contributed by atoms with E-state index in [1.54, 1.807) is 28.5 Å². The molecule has 0 amide bonds. The predicted octanol–water partition coefficient (Wildman–Crippen LogP) is 2.64. The Kier molecular flexibility index (Phi) is 3.65. The fourth-order valence-electron chi connectivity index (χ4n) is 1.88. The number of hydrogen-bond acceptors (Lipinski definition) is 5. The maximum atomic E-state index is 10.9. The van der Waals surface area contributed by atoms with E-state index in [1.165, 1.54) is 11.3 Å². The SMILES string of the molecule is O=C(O)c1csc(CNc2cccnc2-n2cccn2)c1. The minimum absolute atomic E-state index is 0.315. The number of nitrogens with one attached hydrogen (secondary N) is 1. The highest BCUT2D eigenvalue weighted by molar-refractivity contribution is 7.10. The number of carbonyl (C=O) groups is 1. The van der Waals surface area contributed by atoms with Crippen LogP contribution in [0.1, 0.15) is 15.2 Å². The van der Waals surface area contributed by atoms with Crippen LogP contribution in [0.15, 0.2) is 48.2 Å². The first kappa shape index (κ1) is 13.3. The molecule has 0 aliphatic carbocycles. The number of hydrogen-bond donors (Lipinski definition) is 2. The van der Waals surface area contributed by atoms with E-state index in [0.29, 0.717) is 17.9 Å². The van der Waals surface area contributed by atoms with Crippen LogP contribution in [0.5, 0.6) is 0 Å². The second-order valence-corrected chi connectivity index (χ2v) is 5.28. The molecule has 106 valence electrons. The van der Waals surface area contributed by atoms with E-state index in [9.17, 15) is 4.79 Å². The molecule has 0 saturated carbocycles. The quantitative estimate of drug-likeness (QED) is 0.757. The first-order valence-corrected chi connectivity index (χ1v) is 7.11. The Morgan fingerprint density at radius 2 is 2.29 bits per heavy atom. The highest BCUT2D eigenvalue weighted by atomic mass is 32.1. The molecule has 0 atom stereocenters. The van der Waals surface area contributed by atoms with Crippen molar-refractivity contribution < 1.29 is 9.90 Å². The Morgan fingerprint density at radius 1 is 1.38 bits per heavy atom. The standard InChI is InChI=1S/C14H12N4O2S/c19-14(20)10-7-11(21-9-10)8-16-12-3-1-4-15-13(12)18-6-2-5-17-18/h1-7,9,16H,8H2,(H,19,20). The van der Waals surface area contributed by atoms with Gasteiger partial charge in [0.1, 0.15) is 0 Å². The molecule has 6 nitrogen and oxygen atoms in total. The lowest BCUT2D eigenvalue weighted by molar-refractivity contribution is 0.0697. The summed E-state index contributed by atoms with van der Waals surface area (Å²) < 4.78 is 1.68. The monoisotopic (exact) mass is 300 g/mol. The van der Waals surface area contributed by atoms with Crippen LogP contribution in [-0.2, 0) is 6.54 Å². The third kappa shape index (κ3) is 2.92. The molecule has 0 aromatic carbocycles. The van der Waals surface area contributed by atoms with Crippen molar-refractivity contribution in [3.05, 3.63) is 58.7 Å². The number of aromatic nitrogens is 3. The molecule has 7 heteroatoms. The molecule has 3 heterocycles. The van der Waals surface area contributed by atoms with Gasteiger partial charge in [0, 0.05) is 35.4 Å². The van der Waals surface area contributed by atoms with Gasteiger partial charge in [0.2, 0.25) is 0 Å². The maximum Gasteiger partial charge on any atom is 0.336 e. The fraction of sp³-hybridized carbons (Fsp3) is 0.0714. The van der Waals surface area contributed by atoms with Gasteiger partial charge in [-0.15, -0.1) is 11.3 Å². The average molecular weight is 300 g/mol. The zero-order chi connectivity index (χ0) is 14.7. The second kappa shape index (κ2) is 5.76. The Labute approximate surface area is 124 Å². The van der Waals surface area contributed by atoms with Crippen LogP contribution in [0.3, 0.4) is 0 Å². The molecule has 0 bridgehead atoms. The zero-order valence-electron chi connectivity index (χ0n) is 10.9. The molecule has 0 unspecified atom stereocenters. The number of aromatic carboxylic acids is 1. The molecular weight excluding hydrogens is 288 g/mol. The van der Waals surface area contributed by atoms with E-state index < -0.39 is 5.97 Å². The van der Waals surface area contributed by atoms with Gasteiger partial charge in [-0.05, 0) is 24.3 Å². The van der Waals surface area contributed by atoms with Gasteiger partial charge in [-0.25, -0.2) is 14.5 Å². The Balaban J connectivity index is 1.77. The summed E-state index contributed by atoms with van der Waals surface area (Å²) in [6.07, 6.45) is 5.22. The van der Waals surface area contributed by atoms with Crippen LogP contribution in [-0.4, -0.2) is 25.8 Å². The average Bonchev–Trinajstić information content (AvgIpc) is 3.17. The van der Waals surface area contributed by atoms with Crippen LogP contribution < -0.4 is 5.32 Å². The number of rotatable bonds is 5. The van der Waals surface area contributed by atoms with Crippen molar-refractivity contribution in [3.63, 3.8) is 0 Å². The number of thiophene rings is 1. The third-order valence-corrected chi connectivity index (χ3v) is 3.80. The van der Waals surface area contributed by atoms with Crippen molar-refractivity contribution in [1.82, 2.24) is 14.8 Å². The lowest BCUT2D eigenvalue weighted by Crippen LogP contribution is -2.06. The number of carboxylic acids is 1. The molecule has 0 aliphatic heterocycles. The van der Waals surface area contributed by atoms with Crippen LogP contribution in [0, 0.1) is 0 Å². The molecule has 0 aliphatic rings. The number of pyridine rings is 1. The fourth-order valence-corrected chi connectivity index (χ4v) is 2.68. The van der Waals surface area contributed by atoms with Gasteiger partial charge in [-0.2, -0.15) is 5.10 Å².